The van der Waals surface area contributed by atoms with E-state index < -0.39 is 0 Å². The van der Waals surface area contributed by atoms with Crippen molar-refractivity contribution in [2.75, 3.05) is 6.54 Å². The lowest BCUT2D eigenvalue weighted by Crippen LogP contribution is -2.37. The molecule has 78 valence electrons. The largest absolute Gasteiger partial charge is 0.472 e. The van der Waals surface area contributed by atoms with Crippen LogP contribution in [0.3, 0.4) is 0 Å². The molecule has 1 heterocycles. The van der Waals surface area contributed by atoms with Crippen molar-refractivity contribution < 1.29 is 9.21 Å². The highest BCUT2D eigenvalue weighted by Gasteiger charge is 2.11. The number of rotatable bonds is 4. The highest BCUT2D eigenvalue weighted by molar-refractivity contribution is 5.95. The monoisotopic (exact) mass is 195 g/mol. The molecule has 0 atom stereocenters. The van der Waals surface area contributed by atoms with E-state index in [-0.39, 0.29) is 11.3 Å². The first kappa shape index (κ1) is 11.0. The van der Waals surface area contributed by atoms with Crippen molar-refractivity contribution in [1.82, 2.24) is 5.32 Å². The SMILES string of the molecule is CC(C)(C)NCCC(=O)c1ccoc1. The molecule has 0 saturated heterocycles. The van der Waals surface area contributed by atoms with E-state index >= 15 is 0 Å². The van der Waals surface area contributed by atoms with E-state index in [0.717, 1.165) is 0 Å². The van der Waals surface area contributed by atoms with Gasteiger partial charge in [0.2, 0.25) is 0 Å². The fourth-order valence-electron chi connectivity index (χ4n) is 1.12. The maximum Gasteiger partial charge on any atom is 0.167 e. The summed E-state index contributed by atoms with van der Waals surface area (Å²) in [5, 5.41) is 3.26. The molecule has 0 aromatic carbocycles. The van der Waals surface area contributed by atoms with Crippen LogP contribution in [0.5, 0.6) is 0 Å². The molecule has 1 rings (SSSR count). The van der Waals surface area contributed by atoms with Crippen molar-refractivity contribution in [3.05, 3.63) is 24.2 Å². The van der Waals surface area contributed by atoms with Gasteiger partial charge >= 0.3 is 0 Å². The molecular formula is C11H17NO2. The van der Waals surface area contributed by atoms with Crippen LogP contribution in [0.25, 0.3) is 0 Å². The summed E-state index contributed by atoms with van der Waals surface area (Å²) in [4.78, 5) is 11.5. The second kappa shape index (κ2) is 4.42. The van der Waals surface area contributed by atoms with E-state index in [4.69, 9.17) is 4.42 Å². The fraction of sp³-hybridized carbons (Fsp3) is 0.545. The predicted octanol–water partition coefficient (Wildman–Crippen LogP) is 2.24. The average molecular weight is 195 g/mol. The van der Waals surface area contributed by atoms with Gasteiger partial charge in [-0.3, -0.25) is 4.79 Å². The molecule has 3 heteroatoms. The molecule has 0 fully saturated rings. The van der Waals surface area contributed by atoms with Crippen LogP contribution in [0.15, 0.2) is 23.0 Å². The molecule has 0 saturated carbocycles. The van der Waals surface area contributed by atoms with Gasteiger partial charge in [0, 0.05) is 18.5 Å². The zero-order valence-electron chi connectivity index (χ0n) is 8.96. The molecular weight excluding hydrogens is 178 g/mol. The van der Waals surface area contributed by atoms with E-state index in [0.29, 0.717) is 18.5 Å². The third-order valence-electron chi connectivity index (χ3n) is 1.85. The molecule has 14 heavy (non-hydrogen) atoms. The van der Waals surface area contributed by atoms with Crippen LogP contribution in [0.2, 0.25) is 0 Å². The van der Waals surface area contributed by atoms with Crippen molar-refractivity contribution in [2.24, 2.45) is 0 Å². The lowest BCUT2D eigenvalue weighted by Gasteiger charge is -2.19. The number of nitrogens with one attached hydrogen (secondary N) is 1. The standard InChI is InChI=1S/C11H17NO2/c1-11(2,3)12-6-4-10(13)9-5-7-14-8-9/h5,7-8,12H,4,6H2,1-3H3. The highest BCUT2D eigenvalue weighted by Crippen LogP contribution is 2.04. The molecule has 0 amide bonds. The van der Waals surface area contributed by atoms with Gasteiger partial charge in [-0.25, -0.2) is 0 Å². The number of furan rings is 1. The molecule has 3 nitrogen and oxygen atoms in total. The van der Waals surface area contributed by atoms with Crippen molar-refractivity contribution in [3.63, 3.8) is 0 Å². The zero-order chi connectivity index (χ0) is 10.6. The third-order valence-corrected chi connectivity index (χ3v) is 1.85. The van der Waals surface area contributed by atoms with Crippen molar-refractivity contribution in [2.45, 2.75) is 32.7 Å². The van der Waals surface area contributed by atoms with Crippen LogP contribution in [-0.2, 0) is 0 Å². The second-order valence-corrected chi connectivity index (χ2v) is 4.36. The minimum Gasteiger partial charge on any atom is -0.472 e. The Labute approximate surface area is 84.5 Å². The van der Waals surface area contributed by atoms with Crippen LogP contribution in [0, 0.1) is 0 Å². The van der Waals surface area contributed by atoms with E-state index in [1.54, 1.807) is 6.07 Å². The highest BCUT2D eigenvalue weighted by atomic mass is 16.3. The van der Waals surface area contributed by atoms with E-state index in [9.17, 15) is 4.79 Å². The Balaban J connectivity index is 2.30. The number of Topliss-reactive ketones (excluding diaryl/α,β-unsaturated/α-hetero) is 1. The first-order valence-electron chi connectivity index (χ1n) is 4.79. The molecule has 0 aliphatic heterocycles. The first-order valence-corrected chi connectivity index (χ1v) is 4.79. The Kier molecular flexibility index (Phi) is 3.47. The Hall–Kier alpha value is -1.09. The van der Waals surface area contributed by atoms with Gasteiger partial charge in [0.05, 0.1) is 11.8 Å². The topological polar surface area (TPSA) is 42.2 Å². The average Bonchev–Trinajstić information content (AvgIpc) is 2.53. The van der Waals surface area contributed by atoms with Crippen molar-refractivity contribution in [1.29, 1.82) is 0 Å². The van der Waals surface area contributed by atoms with E-state index in [2.05, 4.69) is 26.1 Å². The Bertz CT molecular complexity index is 283. The summed E-state index contributed by atoms with van der Waals surface area (Å²) in [7, 11) is 0. The smallest absolute Gasteiger partial charge is 0.167 e. The zero-order valence-corrected chi connectivity index (χ0v) is 8.96. The molecule has 0 spiro atoms. The predicted molar refractivity (Wildman–Crippen MR) is 55.4 cm³/mol. The van der Waals surface area contributed by atoms with E-state index in [1.165, 1.54) is 12.5 Å². The van der Waals surface area contributed by atoms with Crippen LogP contribution in [-0.4, -0.2) is 17.9 Å². The lowest BCUT2D eigenvalue weighted by atomic mass is 10.1. The molecule has 1 aromatic heterocycles. The summed E-state index contributed by atoms with van der Waals surface area (Å²) in [6.07, 6.45) is 3.51. The summed E-state index contributed by atoms with van der Waals surface area (Å²) in [5.74, 6) is 0.121. The molecule has 0 aliphatic rings. The van der Waals surface area contributed by atoms with Gasteiger partial charge in [0.1, 0.15) is 6.26 Å². The van der Waals surface area contributed by atoms with Crippen LogP contribution < -0.4 is 5.32 Å². The van der Waals surface area contributed by atoms with Gasteiger partial charge < -0.3 is 9.73 Å². The van der Waals surface area contributed by atoms with Crippen LogP contribution >= 0.6 is 0 Å². The fourth-order valence-corrected chi connectivity index (χ4v) is 1.12. The Morgan fingerprint density at radius 1 is 1.50 bits per heavy atom. The molecule has 0 aliphatic carbocycles. The minimum atomic E-state index is 0.0661. The van der Waals surface area contributed by atoms with Gasteiger partial charge in [-0.1, -0.05) is 0 Å². The summed E-state index contributed by atoms with van der Waals surface area (Å²) >= 11 is 0. The summed E-state index contributed by atoms with van der Waals surface area (Å²) in [6.45, 7) is 6.94. The van der Waals surface area contributed by atoms with Gasteiger partial charge in [0.15, 0.2) is 5.78 Å². The van der Waals surface area contributed by atoms with Gasteiger partial charge in [0.25, 0.3) is 0 Å². The number of hydrogen-bond donors (Lipinski definition) is 1. The first-order chi connectivity index (χ1) is 6.49. The van der Waals surface area contributed by atoms with Gasteiger partial charge in [-0.2, -0.15) is 0 Å². The Morgan fingerprint density at radius 3 is 2.71 bits per heavy atom. The summed E-state index contributed by atoms with van der Waals surface area (Å²) in [5.41, 5.74) is 0.720. The molecule has 0 bridgehead atoms. The van der Waals surface area contributed by atoms with Crippen LogP contribution in [0.1, 0.15) is 37.6 Å². The normalized spacial score (nSPS) is 11.6. The molecule has 0 radical (unpaired) electrons. The molecule has 1 aromatic rings. The molecule has 0 unspecified atom stereocenters. The number of ketones is 1. The summed E-state index contributed by atoms with van der Waals surface area (Å²) < 4.78 is 4.84. The third kappa shape index (κ3) is 3.75. The van der Waals surface area contributed by atoms with Gasteiger partial charge in [-0.15, -0.1) is 0 Å². The van der Waals surface area contributed by atoms with Crippen LogP contribution in [0.4, 0.5) is 0 Å². The Morgan fingerprint density at radius 2 is 2.21 bits per heavy atom. The maximum atomic E-state index is 11.5. The summed E-state index contributed by atoms with van der Waals surface area (Å²) in [6, 6.07) is 1.69. The number of carbonyl (C=O) groups excluding carboxylic acids is 1. The minimum absolute atomic E-state index is 0.0661. The van der Waals surface area contributed by atoms with Gasteiger partial charge in [-0.05, 0) is 26.8 Å². The van der Waals surface area contributed by atoms with E-state index in [1.807, 2.05) is 0 Å². The van der Waals surface area contributed by atoms with Crippen molar-refractivity contribution in [3.8, 4) is 0 Å². The van der Waals surface area contributed by atoms with Crippen molar-refractivity contribution >= 4 is 5.78 Å². The quantitative estimate of drug-likeness (QED) is 0.749. The maximum absolute atomic E-state index is 11.5. The lowest BCUT2D eigenvalue weighted by molar-refractivity contribution is 0.0980. The second-order valence-electron chi connectivity index (χ2n) is 4.36. The number of carbonyl (C=O) groups is 1. The number of hydrogen-bond acceptors (Lipinski definition) is 3. The molecule has 1 N–H and O–H groups in total.